The van der Waals surface area contributed by atoms with Gasteiger partial charge in [0, 0.05) is 12.1 Å². The first kappa shape index (κ1) is 16.8. The highest BCUT2D eigenvalue weighted by Crippen LogP contribution is 2.49. The van der Waals surface area contributed by atoms with E-state index in [1.165, 1.54) is 0 Å². The van der Waals surface area contributed by atoms with Crippen LogP contribution in [-0.4, -0.2) is 27.8 Å². The van der Waals surface area contributed by atoms with Gasteiger partial charge in [0.15, 0.2) is 0 Å². The molecule has 5 nitrogen and oxygen atoms in total. The van der Waals surface area contributed by atoms with Gasteiger partial charge in [-0.1, -0.05) is 35.9 Å². The van der Waals surface area contributed by atoms with Crippen LogP contribution in [0.25, 0.3) is 10.9 Å². The molecule has 0 unspecified atom stereocenters. The van der Waals surface area contributed by atoms with Gasteiger partial charge in [-0.05, 0) is 42.7 Å². The van der Waals surface area contributed by atoms with Gasteiger partial charge in [0.25, 0.3) is 5.56 Å². The van der Waals surface area contributed by atoms with E-state index in [-0.39, 0.29) is 18.0 Å². The number of halogens is 1. The van der Waals surface area contributed by atoms with Gasteiger partial charge in [0.2, 0.25) is 5.91 Å². The molecule has 132 valence electrons. The molecule has 0 radical (unpaired) electrons. The van der Waals surface area contributed by atoms with E-state index in [9.17, 15) is 9.59 Å². The minimum atomic E-state index is -0.476. The standard InChI is InChI=1S/C20H18ClN3O2/c1-24(12-17-22-16-5-3-2-4-15(16)18(25)23-17)19(26)20(10-11-20)13-6-8-14(21)9-7-13/h2-9H,10-12H2,1H3,(H,22,23,25). The highest BCUT2D eigenvalue weighted by Gasteiger charge is 2.52. The van der Waals surface area contributed by atoms with Crippen molar-refractivity contribution in [3.05, 3.63) is 75.3 Å². The van der Waals surface area contributed by atoms with Gasteiger partial charge in [0.1, 0.15) is 5.82 Å². The number of H-pyrrole nitrogens is 1. The Balaban J connectivity index is 1.58. The number of fused-ring (bicyclic) bond motifs is 1. The summed E-state index contributed by atoms with van der Waals surface area (Å²) in [6, 6.07) is 14.6. The maximum atomic E-state index is 13.0. The lowest BCUT2D eigenvalue weighted by atomic mass is 9.94. The number of carbonyl (C=O) groups excluding carboxylic acids is 1. The quantitative estimate of drug-likeness (QED) is 0.769. The van der Waals surface area contributed by atoms with Crippen LogP contribution in [0.2, 0.25) is 5.02 Å². The second-order valence-corrected chi connectivity index (χ2v) is 7.22. The first-order valence-electron chi connectivity index (χ1n) is 8.49. The van der Waals surface area contributed by atoms with Gasteiger partial charge in [0.05, 0.1) is 22.9 Å². The molecule has 1 saturated carbocycles. The number of rotatable bonds is 4. The van der Waals surface area contributed by atoms with Gasteiger partial charge < -0.3 is 9.88 Å². The number of aromatic nitrogens is 2. The summed E-state index contributed by atoms with van der Waals surface area (Å²) in [5.74, 6) is 0.520. The van der Waals surface area contributed by atoms with Crippen LogP contribution in [0.3, 0.4) is 0 Å². The number of hydrogen-bond donors (Lipinski definition) is 1. The normalized spacial score (nSPS) is 15.0. The van der Waals surface area contributed by atoms with Crippen molar-refractivity contribution in [3.63, 3.8) is 0 Å². The number of nitrogens with zero attached hydrogens (tertiary/aromatic N) is 2. The summed E-state index contributed by atoms with van der Waals surface area (Å²) < 4.78 is 0. The predicted molar refractivity (Wildman–Crippen MR) is 101 cm³/mol. The van der Waals surface area contributed by atoms with Crippen LogP contribution in [0.15, 0.2) is 53.3 Å². The Kier molecular flexibility index (Phi) is 4.04. The van der Waals surface area contributed by atoms with E-state index in [1.54, 1.807) is 30.1 Å². The Morgan fingerprint density at radius 1 is 1.19 bits per heavy atom. The van der Waals surface area contributed by atoms with E-state index < -0.39 is 5.41 Å². The third-order valence-electron chi connectivity index (χ3n) is 4.95. The Hall–Kier alpha value is -2.66. The molecule has 3 aromatic rings. The zero-order valence-corrected chi connectivity index (χ0v) is 15.1. The fraction of sp³-hybridized carbons (Fsp3) is 0.250. The zero-order valence-electron chi connectivity index (χ0n) is 14.3. The number of benzene rings is 2. The molecule has 1 amide bonds. The maximum absolute atomic E-state index is 13.0. The molecule has 4 rings (SSSR count). The summed E-state index contributed by atoms with van der Waals surface area (Å²) >= 11 is 5.96. The molecule has 0 aliphatic heterocycles. The number of aromatic amines is 1. The molecule has 1 fully saturated rings. The average molecular weight is 368 g/mol. The highest BCUT2D eigenvalue weighted by molar-refractivity contribution is 6.30. The number of amides is 1. The largest absolute Gasteiger partial charge is 0.338 e. The van der Waals surface area contributed by atoms with Crippen LogP contribution in [0, 0.1) is 0 Å². The summed E-state index contributed by atoms with van der Waals surface area (Å²) in [5.41, 5.74) is 0.950. The lowest BCUT2D eigenvalue weighted by Gasteiger charge is -2.23. The van der Waals surface area contributed by atoms with Crippen molar-refractivity contribution < 1.29 is 4.79 Å². The van der Waals surface area contributed by atoms with Gasteiger partial charge in [-0.15, -0.1) is 0 Å². The van der Waals surface area contributed by atoms with E-state index in [0.717, 1.165) is 18.4 Å². The highest BCUT2D eigenvalue weighted by atomic mass is 35.5. The van der Waals surface area contributed by atoms with Crippen LogP contribution < -0.4 is 5.56 Å². The van der Waals surface area contributed by atoms with Gasteiger partial charge in [-0.2, -0.15) is 0 Å². The molecular formula is C20H18ClN3O2. The molecule has 26 heavy (non-hydrogen) atoms. The third-order valence-corrected chi connectivity index (χ3v) is 5.20. The van der Waals surface area contributed by atoms with Crippen molar-refractivity contribution in [3.8, 4) is 0 Å². The molecule has 1 heterocycles. The van der Waals surface area contributed by atoms with E-state index in [0.29, 0.717) is 21.7 Å². The molecule has 2 aromatic carbocycles. The Labute approximate surface area is 155 Å². The molecule has 0 spiro atoms. The smallest absolute Gasteiger partial charge is 0.258 e. The summed E-state index contributed by atoms with van der Waals surface area (Å²) in [5, 5.41) is 1.20. The lowest BCUT2D eigenvalue weighted by molar-refractivity contribution is -0.133. The SMILES string of the molecule is CN(Cc1nc2ccccc2c(=O)[nH]1)C(=O)C1(c2ccc(Cl)cc2)CC1. The Bertz CT molecular complexity index is 1040. The molecule has 0 atom stereocenters. The summed E-state index contributed by atoms with van der Waals surface area (Å²) in [7, 11) is 1.74. The van der Waals surface area contributed by atoms with Crippen LogP contribution >= 0.6 is 11.6 Å². The second-order valence-electron chi connectivity index (χ2n) is 6.78. The van der Waals surface area contributed by atoms with Crippen molar-refractivity contribution in [1.29, 1.82) is 0 Å². The van der Waals surface area contributed by atoms with Gasteiger partial charge in [-0.25, -0.2) is 4.98 Å². The van der Waals surface area contributed by atoms with Crippen molar-refractivity contribution >= 4 is 28.4 Å². The Morgan fingerprint density at radius 3 is 2.58 bits per heavy atom. The van der Waals surface area contributed by atoms with E-state index in [1.807, 2.05) is 30.3 Å². The monoisotopic (exact) mass is 367 g/mol. The first-order chi connectivity index (χ1) is 12.5. The minimum Gasteiger partial charge on any atom is -0.338 e. The molecule has 6 heteroatoms. The molecule has 0 saturated heterocycles. The molecule has 1 N–H and O–H groups in total. The van der Waals surface area contributed by atoms with Crippen molar-refractivity contribution in [2.24, 2.45) is 0 Å². The number of nitrogens with one attached hydrogen (secondary N) is 1. The number of hydrogen-bond acceptors (Lipinski definition) is 3. The van der Waals surface area contributed by atoms with Crippen molar-refractivity contribution in [2.75, 3.05) is 7.05 Å². The van der Waals surface area contributed by atoms with E-state index in [4.69, 9.17) is 11.6 Å². The topological polar surface area (TPSA) is 66.1 Å². The van der Waals surface area contributed by atoms with Gasteiger partial charge >= 0.3 is 0 Å². The minimum absolute atomic E-state index is 0.0376. The summed E-state index contributed by atoms with van der Waals surface area (Å²) in [6.45, 7) is 0.258. The molecule has 1 aliphatic rings. The van der Waals surface area contributed by atoms with Crippen molar-refractivity contribution in [2.45, 2.75) is 24.8 Å². The average Bonchev–Trinajstić information content (AvgIpc) is 3.43. The maximum Gasteiger partial charge on any atom is 0.258 e. The van der Waals surface area contributed by atoms with Crippen LogP contribution in [0.5, 0.6) is 0 Å². The summed E-state index contributed by atoms with van der Waals surface area (Å²) in [6.07, 6.45) is 1.64. The van der Waals surface area contributed by atoms with Crippen LogP contribution in [0.4, 0.5) is 0 Å². The van der Waals surface area contributed by atoms with Crippen LogP contribution in [0.1, 0.15) is 24.2 Å². The fourth-order valence-electron chi connectivity index (χ4n) is 3.39. The second kappa shape index (κ2) is 6.25. The molecule has 0 bridgehead atoms. The number of likely N-dealkylation sites (N-methyl/N-ethyl adjacent to an activating group) is 1. The van der Waals surface area contributed by atoms with Crippen molar-refractivity contribution in [1.82, 2.24) is 14.9 Å². The van der Waals surface area contributed by atoms with E-state index in [2.05, 4.69) is 9.97 Å². The molecule has 1 aromatic heterocycles. The lowest BCUT2D eigenvalue weighted by Crippen LogP contribution is -2.37. The fourth-order valence-corrected chi connectivity index (χ4v) is 3.52. The van der Waals surface area contributed by atoms with E-state index >= 15 is 0 Å². The Morgan fingerprint density at radius 2 is 1.88 bits per heavy atom. The third kappa shape index (κ3) is 2.88. The predicted octanol–water partition coefficient (Wildman–Crippen LogP) is 3.27. The molecular weight excluding hydrogens is 350 g/mol. The number of carbonyl (C=O) groups is 1. The first-order valence-corrected chi connectivity index (χ1v) is 8.87. The zero-order chi connectivity index (χ0) is 18.3. The van der Waals surface area contributed by atoms with Gasteiger partial charge in [-0.3, -0.25) is 9.59 Å². The van der Waals surface area contributed by atoms with Crippen LogP contribution in [-0.2, 0) is 16.8 Å². The number of para-hydroxylation sites is 1. The summed E-state index contributed by atoms with van der Waals surface area (Å²) in [4.78, 5) is 34.1. The molecule has 1 aliphatic carbocycles.